The zero-order chi connectivity index (χ0) is 11.9. The number of nitrogens with one attached hydrogen (secondary N) is 2. The van der Waals surface area contributed by atoms with E-state index < -0.39 is 10.0 Å². The Kier molecular flexibility index (Phi) is 2.98. The highest BCUT2D eigenvalue weighted by Crippen LogP contribution is 2.27. The van der Waals surface area contributed by atoms with Crippen molar-refractivity contribution in [3.8, 4) is 0 Å². The Hall–Kier alpha value is -0.590. The molecule has 5 nitrogen and oxygen atoms in total. The minimum absolute atomic E-state index is 0.0406. The Balaban J connectivity index is 2.19. The van der Waals surface area contributed by atoms with Crippen LogP contribution in [0.15, 0.2) is 4.90 Å². The molecule has 0 amide bonds. The molecule has 0 saturated heterocycles. The zero-order valence-electron chi connectivity index (χ0n) is 9.12. The van der Waals surface area contributed by atoms with E-state index in [0.717, 1.165) is 0 Å². The summed E-state index contributed by atoms with van der Waals surface area (Å²) in [5.41, 5.74) is 1.05. The van der Waals surface area contributed by atoms with E-state index in [2.05, 4.69) is 14.9 Å². The molecule has 0 unspecified atom stereocenters. The first kappa shape index (κ1) is 11.9. The number of aromatic amines is 1. The lowest BCUT2D eigenvalue weighted by atomic mass is 9.94. The highest BCUT2D eigenvalue weighted by Gasteiger charge is 2.33. The van der Waals surface area contributed by atoms with E-state index >= 15 is 0 Å². The Morgan fingerprint density at radius 1 is 1.44 bits per heavy atom. The van der Waals surface area contributed by atoms with E-state index in [-0.39, 0.29) is 16.3 Å². The first-order chi connectivity index (χ1) is 7.40. The van der Waals surface area contributed by atoms with Crippen LogP contribution in [0.5, 0.6) is 0 Å². The third-order valence-electron chi connectivity index (χ3n) is 2.73. The lowest BCUT2D eigenvalue weighted by molar-refractivity contribution is 0.391. The van der Waals surface area contributed by atoms with Crippen LogP contribution < -0.4 is 4.72 Å². The predicted octanol–water partition coefficient (Wildman–Crippen LogP) is 1.07. The van der Waals surface area contributed by atoms with Gasteiger partial charge in [0.2, 0.25) is 10.0 Å². The van der Waals surface area contributed by atoms with Gasteiger partial charge in [0.25, 0.3) is 0 Å². The quantitative estimate of drug-likeness (QED) is 0.802. The average Bonchev–Trinajstić information content (AvgIpc) is 2.43. The van der Waals surface area contributed by atoms with E-state index in [1.165, 1.54) is 0 Å². The van der Waals surface area contributed by atoms with Gasteiger partial charge in [-0.05, 0) is 26.7 Å². The van der Waals surface area contributed by atoms with Gasteiger partial charge in [-0.3, -0.25) is 5.10 Å². The number of nitrogens with zero attached hydrogens (tertiary/aromatic N) is 1. The van der Waals surface area contributed by atoms with Crippen molar-refractivity contribution in [2.24, 2.45) is 0 Å². The number of alkyl halides is 1. The summed E-state index contributed by atoms with van der Waals surface area (Å²) in [7, 11) is -3.46. The Morgan fingerprint density at radius 3 is 2.50 bits per heavy atom. The van der Waals surface area contributed by atoms with Gasteiger partial charge in [0.1, 0.15) is 4.90 Å². The van der Waals surface area contributed by atoms with Crippen molar-refractivity contribution in [2.45, 2.75) is 43.0 Å². The van der Waals surface area contributed by atoms with Crippen LogP contribution in [0.25, 0.3) is 0 Å². The number of hydrogen-bond acceptors (Lipinski definition) is 3. The van der Waals surface area contributed by atoms with Gasteiger partial charge in [0, 0.05) is 11.4 Å². The fourth-order valence-corrected chi connectivity index (χ4v) is 3.92. The number of sulfonamides is 1. The second-order valence-electron chi connectivity index (χ2n) is 4.15. The second kappa shape index (κ2) is 4.01. The van der Waals surface area contributed by atoms with Crippen LogP contribution in [0.2, 0.25) is 0 Å². The van der Waals surface area contributed by atoms with E-state index in [1.807, 2.05) is 0 Å². The van der Waals surface area contributed by atoms with Gasteiger partial charge in [-0.15, -0.1) is 11.6 Å². The Labute approximate surface area is 99.6 Å². The summed E-state index contributed by atoms with van der Waals surface area (Å²) < 4.78 is 26.7. The number of rotatable bonds is 3. The third-order valence-corrected chi connectivity index (χ3v) is 4.87. The van der Waals surface area contributed by atoms with Crippen molar-refractivity contribution < 1.29 is 8.42 Å². The van der Waals surface area contributed by atoms with Crippen molar-refractivity contribution in [1.29, 1.82) is 0 Å². The molecular formula is C9H14ClN3O2S. The molecule has 1 aromatic heterocycles. The summed E-state index contributed by atoms with van der Waals surface area (Å²) in [5, 5.41) is 6.64. The van der Waals surface area contributed by atoms with Crippen molar-refractivity contribution in [2.75, 3.05) is 0 Å². The van der Waals surface area contributed by atoms with Crippen molar-refractivity contribution >= 4 is 21.6 Å². The summed E-state index contributed by atoms with van der Waals surface area (Å²) in [6.45, 7) is 3.36. The Bertz CT molecular complexity index is 471. The molecule has 0 aromatic carbocycles. The molecular weight excluding hydrogens is 250 g/mol. The lowest BCUT2D eigenvalue weighted by Gasteiger charge is -2.31. The molecule has 1 aliphatic rings. The third kappa shape index (κ3) is 2.09. The highest BCUT2D eigenvalue weighted by molar-refractivity contribution is 7.89. The number of aromatic nitrogens is 2. The maximum absolute atomic E-state index is 12.0. The molecule has 0 spiro atoms. The molecule has 2 N–H and O–H groups in total. The van der Waals surface area contributed by atoms with Crippen molar-refractivity contribution in [3.63, 3.8) is 0 Å². The summed E-state index contributed by atoms with van der Waals surface area (Å²) in [4.78, 5) is 0.255. The SMILES string of the molecule is Cc1n[nH]c(C)c1S(=O)(=O)NC1CC(Cl)C1. The first-order valence-corrected chi connectivity index (χ1v) is 7.00. The minimum Gasteiger partial charge on any atom is -0.281 e. The van der Waals surface area contributed by atoms with Gasteiger partial charge in [-0.2, -0.15) is 5.10 Å². The molecule has 1 saturated carbocycles. The zero-order valence-corrected chi connectivity index (χ0v) is 10.7. The molecule has 1 fully saturated rings. The predicted molar refractivity (Wildman–Crippen MR) is 61.0 cm³/mol. The smallest absolute Gasteiger partial charge is 0.244 e. The van der Waals surface area contributed by atoms with Gasteiger partial charge in [-0.25, -0.2) is 13.1 Å². The van der Waals surface area contributed by atoms with Crippen LogP contribution in [-0.4, -0.2) is 30.0 Å². The van der Waals surface area contributed by atoms with Crippen molar-refractivity contribution in [1.82, 2.24) is 14.9 Å². The molecule has 1 aliphatic carbocycles. The summed E-state index contributed by atoms with van der Waals surface area (Å²) in [6, 6.07) is -0.0406. The van der Waals surface area contributed by atoms with E-state index in [9.17, 15) is 8.42 Å². The summed E-state index contributed by atoms with van der Waals surface area (Å²) >= 11 is 5.81. The molecule has 0 atom stereocenters. The maximum atomic E-state index is 12.0. The first-order valence-electron chi connectivity index (χ1n) is 5.08. The number of halogens is 1. The highest BCUT2D eigenvalue weighted by atomic mass is 35.5. The molecule has 0 aliphatic heterocycles. The molecule has 0 radical (unpaired) electrons. The number of aryl methyl sites for hydroxylation is 2. The van der Waals surface area contributed by atoms with Gasteiger partial charge >= 0.3 is 0 Å². The molecule has 7 heteroatoms. The van der Waals surface area contributed by atoms with Gasteiger partial charge in [0.15, 0.2) is 0 Å². The fourth-order valence-electron chi connectivity index (χ4n) is 1.86. The monoisotopic (exact) mass is 263 g/mol. The molecule has 2 rings (SSSR count). The lowest BCUT2D eigenvalue weighted by Crippen LogP contribution is -2.44. The molecule has 0 bridgehead atoms. The molecule has 16 heavy (non-hydrogen) atoms. The maximum Gasteiger partial charge on any atom is 0.244 e. The van der Waals surface area contributed by atoms with Crippen LogP contribution in [0.1, 0.15) is 24.2 Å². The second-order valence-corrected chi connectivity index (χ2v) is 6.42. The van der Waals surface area contributed by atoms with Gasteiger partial charge < -0.3 is 0 Å². The van der Waals surface area contributed by atoms with Crippen LogP contribution in [0, 0.1) is 13.8 Å². The normalized spacial score (nSPS) is 25.4. The summed E-state index contributed by atoms with van der Waals surface area (Å²) in [6.07, 6.45) is 1.38. The molecule has 1 aromatic rings. The van der Waals surface area contributed by atoms with E-state index in [0.29, 0.717) is 24.2 Å². The van der Waals surface area contributed by atoms with Crippen molar-refractivity contribution in [3.05, 3.63) is 11.4 Å². The number of hydrogen-bond donors (Lipinski definition) is 2. The molecule has 90 valence electrons. The van der Waals surface area contributed by atoms with Gasteiger partial charge in [-0.1, -0.05) is 0 Å². The van der Waals surface area contributed by atoms with E-state index in [4.69, 9.17) is 11.6 Å². The minimum atomic E-state index is -3.46. The largest absolute Gasteiger partial charge is 0.281 e. The topological polar surface area (TPSA) is 74.8 Å². The van der Waals surface area contributed by atoms with Crippen LogP contribution in [0.3, 0.4) is 0 Å². The van der Waals surface area contributed by atoms with Crippen LogP contribution >= 0.6 is 11.6 Å². The van der Waals surface area contributed by atoms with Gasteiger partial charge in [0.05, 0.1) is 11.4 Å². The van der Waals surface area contributed by atoms with Crippen LogP contribution in [-0.2, 0) is 10.0 Å². The van der Waals surface area contributed by atoms with Crippen LogP contribution in [0.4, 0.5) is 0 Å². The van der Waals surface area contributed by atoms with E-state index in [1.54, 1.807) is 13.8 Å². The molecule has 1 heterocycles. The standard InChI is InChI=1S/C9H14ClN3O2S/c1-5-9(6(2)12-11-5)16(14,15)13-8-3-7(10)4-8/h7-8,13H,3-4H2,1-2H3,(H,11,12). The fraction of sp³-hybridized carbons (Fsp3) is 0.667. The average molecular weight is 264 g/mol. The summed E-state index contributed by atoms with van der Waals surface area (Å²) in [5.74, 6) is 0. The number of H-pyrrole nitrogens is 1. The Morgan fingerprint density at radius 2 is 2.06 bits per heavy atom.